The van der Waals surface area contributed by atoms with Crippen LogP contribution in [0.5, 0.6) is 0 Å². The molecule has 2 nitrogen and oxygen atoms in total. The zero-order valence-electron chi connectivity index (χ0n) is 8.67. The first-order valence-corrected chi connectivity index (χ1v) is 4.75. The van der Waals surface area contributed by atoms with E-state index in [4.69, 9.17) is 5.73 Å². The van der Waals surface area contributed by atoms with E-state index in [2.05, 4.69) is 4.98 Å². The number of aryl methyl sites for hydroxylation is 1. The van der Waals surface area contributed by atoms with Crippen LogP contribution in [0.15, 0.2) is 30.5 Å². The first-order valence-electron chi connectivity index (χ1n) is 4.75. The van der Waals surface area contributed by atoms with Crippen molar-refractivity contribution in [3.05, 3.63) is 47.7 Å². The van der Waals surface area contributed by atoms with Gasteiger partial charge in [0.2, 0.25) is 0 Å². The van der Waals surface area contributed by atoms with Gasteiger partial charge in [-0.3, -0.25) is 0 Å². The van der Waals surface area contributed by atoms with Crippen molar-refractivity contribution >= 4 is 5.82 Å². The van der Waals surface area contributed by atoms with Crippen molar-refractivity contribution in [2.24, 2.45) is 0 Å². The summed E-state index contributed by atoms with van der Waals surface area (Å²) < 4.78 is 25.8. The molecule has 0 fully saturated rings. The van der Waals surface area contributed by atoms with Gasteiger partial charge in [0.05, 0.1) is 0 Å². The quantitative estimate of drug-likeness (QED) is 0.802. The molecule has 1 aromatic carbocycles. The number of halogens is 2. The Morgan fingerprint density at radius 1 is 1.06 bits per heavy atom. The number of hydrogen-bond acceptors (Lipinski definition) is 2. The fourth-order valence-electron chi connectivity index (χ4n) is 1.42. The van der Waals surface area contributed by atoms with E-state index in [0.29, 0.717) is 16.9 Å². The lowest BCUT2D eigenvalue weighted by Gasteiger charge is -2.04. The number of nitrogens with zero attached hydrogens (tertiary/aromatic N) is 1. The van der Waals surface area contributed by atoms with Crippen molar-refractivity contribution in [2.75, 3.05) is 5.73 Å². The molecule has 0 saturated carbocycles. The molecule has 82 valence electrons. The lowest BCUT2D eigenvalue weighted by Crippen LogP contribution is -1.94. The van der Waals surface area contributed by atoms with Gasteiger partial charge in [-0.25, -0.2) is 13.8 Å². The van der Waals surface area contributed by atoms with E-state index >= 15 is 0 Å². The van der Waals surface area contributed by atoms with Gasteiger partial charge in [-0.1, -0.05) is 6.07 Å². The molecule has 0 spiro atoms. The standard InChI is InChI=1S/C12H10F2N2/c1-7-4-9(6-16-12(7)15)8-2-3-10(13)11(14)5-8/h2-6H,1H3,(H2,15,16). The number of rotatable bonds is 1. The van der Waals surface area contributed by atoms with Gasteiger partial charge in [-0.05, 0) is 36.2 Å². The summed E-state index contributed by atoms with van der Waals surface area (Å²) in [5, 5.41) is 0. The molecule has 16 heavy (non-hydrogen) atoms. The average molecular weight is 220 g/mol. The molecule has 4 heteroatoms. The second kappa shape index (κ2) is 3.89. The second-order valence-corrected chi connectivity index (χ2v) is 3.56. The highest BCUT2D eigenvalue weighted by Gasteiger charge is 2.05. The van der Waals surface area contributed by atoms with Crippen molar-refractivity contribution in [3.8, 4) is 11.1 Å². The third-order valence-electron chi connectivity index (χ3n) is 2.37. The third-order valence-corrected chi connectivity index (χ3v) is 2.37. The molecule has 2 N–H and O–H groups in total. The third kappa shape index (κ3) is 1.86. The van der Waals surface area contributed by atoms with Gasteiger partial charge < -0.3 is 5.73 Å². The Labute approximate surface area is 91.7 Å². The van der Waals surface area contributed by atoms with Crippen molar-refractivity contribution in [1.29, 1.82) is 0 Å². The summed E-state index contributed by atoms with van der Waals surface area (Å²) in [7, 11) is 0. The molecular weight excluding hydrogens is 210 g/mol. The molecule has 0 aliphatic rings. The average Bonchev–Trinajstić information content (AvgIpc) is 2.26. The zero-order chi connectivity index (χ0) is 11.7. The van der Waals surface area contributed by atoms with Crippen molar-refractivity contribution < 1.29 is 8.78 Å². The van der Waals surface area contributed by atoms with Crippen LogP contribution < -0.4 is 5.73 Å². The molecular formula is C12H10F2N2. The van der Waals surface area contributed by atoms with E-state index in [9.17, 15) is 8.78 Å². The molecule has 0 aliphatic carbocycles. The molecule has 0 unspecified atom stereocenters. The Kier molecular flexibility index (Phi) is 2.56. The van der Waals surface area contributed by atoms with Crippen LogP contribution in [0.25, 0.3) is 11.1 Å². The van der Waals surface area contributed by atoms with Gasteiger partial charge in [0, 0.05) is 11.8 Å². The summed E-state index contributed by atoms with van der Waals surface area (Å²) in [6.07, 6.45) is 1.54. The Morgan fingerprint density at radius 2 is 1.81 bits per heavy atom. The largest absolute Gasteiger partial charge is 0.383 e. The van der Waals surface area contributed by atoms with Crippen LogP contribution in [0.2, 0.25) is 0 Å². The second-order valence-electron chi connectivity index (χ2n) is 3.56. The summed E-state index contributed by atoms with van der Waals surface area (Å²) in [5.41, 5.74) is 7.67. The maximum atomic E-state index is 13.0. The van der Waals surface area contributed by atoms with Gasteiger partial charge in [-0.15, -0.1) is 0 Å². The van der Waals surface area contributed by atoms with Crippen LogP contribution >= 0.6 is 0 Å². The molecule has 0 amide bonds. The van der Waals surface area contributed by atoms with Crippen molar-refractivity contribution in [3.63, 3.8) is 0 Å². The number of nitrogens with two attached hydrogens (primary N) is 1. The molecule has 0 saturated heterocycles. The molecule has 1 aromatic heterocycles. The lowest BCUT2D eigenvalue weighted by atomic mass is 10.1. The van der Waals surface area contributed by atoms with Gasteiger partial charge >= 0.3 is 0 Å². The van der Waals surface area contributed by atoms with E-state index in [1.807, 2.05) is 6.92 Å². The highest BCUT2D eigenvalue weighted by atomic mass is 19.2. The first kappa shape index (κ1) is 10.5. The zero-order valence-corrected chi connectivity index (χ0v) is 8.67. The van der Waals surface area contributed by atoms with Crippen LogP contribution in [0, 0.1) is 18.6 Å². The summed E-state index contributed by atoms with van der Waals surface area (Å²) in [6.45, 7) is 1.81. The van der Waals surface area contributed by atoms with E-state index in [0.717, 1.165) is 17.7 Å². The van der Waals surface area contributed by atoms with Crippen molar-refractivity contribution in [2.45, 2.75) is 6.92 Å². The van der Waals surface area contributed by atoms with Crippen LogP contribution in [0.3, 0.4) is 0 Å². The summed E-state index contributed by atoms with van der Waals surface area (Å²) >= 11 is 0. The molecule has 2 rings (SSSR count). The Balaban J connectivity index is 2.50. The van der Waals surface area contributed by atoms with Gasteiger partial charge in [0.1, 0.15) is 5.82 Å². The number of pyridine rings is 1. The predicted octanol–water partition coefficient (Wildman–Crippen LogP) is 2.92. The maximum Gasteiger partial charge on any atom is 0.159 e. The van der Waals surface area contributed by atoms with Gasteiger partial charge in [0.25, 0.3) is 0 Å². The van der Waals surface area contributed by atoms with Crippen LogP contribution in [0.4, 0.5) is 14.6 Å². The summed E-state index contributed by atoms with van der Waals surface area (Å²) in [6, 6.07) is 5.53. The highest BCUT2D eigenvalue weighted by molar-refractivity contribution is 5.65. The Bertz CT molecular complexity index is 489. The molecule has 2 aromatic rings. The smallest absolute Gasteiger partial charge is 0.159 e. The van der Waals surface area contributed by atoms with Gasteiger partial charge in [-0.2, -0.15) is 0 Å². The molecule has 0 bridgehead atoms. The van der Waals surface area contributed by atoms with Gasteiger partial charge in [0.15, 0.2) is 11.6 Å². The monoisotopic (exact) mass is 220 g/mol. The molecule has 0 aliphatic heterocycles. The first-order chi connectivity index (χ1) is 7.58. The van der Waals surface area contributed by atoms with Crippen LogP contribution in [-0.2, 0) is 0 Å². The Morgan fingerprint density at radius 3 is 2.44 bits per heavy atom. The normalized spacial score (nSPS) is 10.4. The summed E-state index contributed by atoms with van der Waals surface area (Å²) in [5.74, 6) is -1.29. The minimum absolute atomic E-state index is 0.436. The fourth-order valence-corrected chi connectivity index (χ4v) is 1.42. The van der Waals surface area contributed by atoms with Crippen LogP contribution in [-0.4, -0.2) is 4.98 Å². The number of aromatic nitrogens is 1. The van der Waals surface area contributed by atoms with Crippen molar-refractivity contribution in [1.82, 2.24) is 4.98 Å². The number of nitrogen functional groups attached to an aromatic ring is 1. The minimum Gasteiger partial charge on any atom is -0.383 e. The number of hydrogen-bond donors (Lipinski definition) is 1. The minimum atomic E-state index is -0.869. The maximum absolute atomic E-state index is 13.0. The Hall–Kier alpha value is -1.97. The van der Waals surface area contributed by atoms with E-state index in [1.54, 1.807) is 6.07 Å². The van der Waals surface area contributed by atoms with Crippen LogP contribution in [0.1, 0.15) is 5.56 Å². The highest BCUT2D eigenvalue weighted by Crippen LogP contribution is 2.23. The molecule has 0 radical (unpaired) electrons. The SMILES string of the molecule is Cc1cc(-c2ccc(F)c(F)c2)cnc1N. The van der Waals surface area contributed by atoms with E-state index < -0.39 is 11.6 Å². The summed E-state index contributed by atoms with van der Waals surface area (Å²) in [4.78, 5) is 3.97. The molecule has 1 heterocycles. The number of anilines is 1. The molecule has 0 atom stereocenters. The lowest BCUT2D eigenvalue weighted by molar-refractivity contribution is 0.509. The fraction of sp³-hybridized carbons (Fsp3) is 0.0833. The van der Waals surface area contributed by atoms with E-state index in [1.165, 1.54) is 12.3 Å². The number of benzene rings is 1. The van der Waals surface area contributed by atoms with E-state index in [-0.39, 0.29) is 0 Å². The predicted molar refractivity (Wildman–Crippen MR) is 58.7 cm³/mol. The topological polar surface area (TPSA) is 38.9 Å².